The summed E-state index contributed by atoms with van der Waals surface area (Å²) >= 11 is 0. The molecule has 0 aliphatic carbocycles. The van der Waals surface area contributed by atoms with Crippen molar-refractivity contribution >= 4 is 11.5 Å². The molecule has 2 rings (SSSR count). The number of hydrogen-bond acceptors (Lipinski definition) is 6. The van der Waals surface area contributed by atoms with Crippen molar-refractivity contribution in [2.75, 3.05) is 18.2 Å². The summed E-state index contributed by atoms with van der Waals surface area (Å²) in [6.07, 6.45) is 1.63. The predicted octanol–water partition coefficient (Wildman–Crippen LogP) is 2.57. The molecule has 0 saturated carbocycles. The lowest BCUT2D eigenvalue weighted by atomic mass is 9.96. The molecule has 0 saturated heterocycles. The number of rotatable bonds is 4. The summed E-state index contributed by atoms with van der Waals surface area (Å²) in [5, 5.41) is 3.15. The van der Waals surface area contributed by atoms with E-state index in [4.69, 9.17) is 14.9 Å². The minimum Gasteiger partial charge on any atom is -0.479 e. The fourth-order valence-electron chi connectivity index (χ4n) is 1.66. The van der Waals surface area contributed by atoms with Crippen LogP contribution in [0.3, 0.4) is 0 Å². The van der Waals surface area contributed by atoms with Crippen LogP contribution in [0.25, 0.3) is 0 Å². The lowest BCUT2D eigenvalue weighted by molar-refractivity contribution is 0.391. The predicted molar refractivity (Wildman–Crippen MR) is 77.7 cm³/mol. The van der Waals surface area contributed by atoms with Crippen LogP contribution < -0.4 is 15.8 Å². The van der Waals surface area contributed by atoms with E-state index < -0.39 is 0 Å². The van der Waals surface area contributed by atoms with Crippen molar-refractivity contribution in [3.05, 3.63) is 30.0 Å². The molecule has 2 aromatic heterocycles. The first-order valence-corrected chi connectivity index (χ1v) is 6.40. The highest BCUT2D eigenvalue weighted by Crippen LogP contribution is 2.30. The Bertz CT molecular complexity index is 574. The summed E-state index contributed by atoms with van der Waals surface area (Å²) in [5.74, 6) is 2.41. The molecule has 0 radical (unpaired) electrons. The number of nitrogens with one attached hydrogen (secondary N) is 1. The van der Waals surface area contributed by atoms with Gasteiger partial charge in [-0.3, -0.25) is 0 Å². The lowest BCUT2D eigenvalue weighted by Gasteiger charge is -2.19. The van der Waals surface area contributed by atoms with Crippen LogP contribution in [0.5, 0.6) is 5.88 Å². The highest BCUT2D eigenvalue weighted by atomic mass is 16.5. The zero-order chi connectivity index (χ0) is 14.8. The fraction of sp³-hybridized carbons (Fsp3) is 0.429. The van der Waals surface area contributed by atoms with Crippen LogP contribution in [-0.2, 0) is 12.0 Å². The lowest BCUT2D eigenvalue weighted by Crippen LogP contribution is -2.19. The van der Waals surface area contributed by atoms with Gasteiger partial charge in [0.1, 0.15) is 17.3 Å². The second-order valence-electron chi connectivity index (χ2n) is 5.50. The first-order valence-electron chi connectivity index (χ1n) is 6.40. The first-order chi connectivity index (χ1) is 9.41. The molecule has 0 amide bonds. The number of methoxy groups -OCH3 is 1. The zero-order valence-corrected chi connectivity index (χ0v) is 12.2. The maximum Gasteiger partial charge on any atom is 0.242 e. The number of nitrogen functional groups attached to an aromatic ring is 1. The fourth-order valence-corrected chi connectivity index (χ4v) is 1.66. The van der Waals surface area contributed by atoms with E-state index in [9.17, 15) is 0 Å². The molecular formula is C14H20N4O2. The molecule has 6 nitrogen and oxygen atoms in total. The summed E-state index contributed by atoms with van der Waals surface area (Å²) < 4.78 is 10.5. The summed E-state index contributed by atoms with van der Waals surface area (Å²) in [4.78, 5) is 8.83. The highest BCUT2D eigenvalue weighted by Gasteiger charge is 2.22. The summed E-state index contributed by atoms with van der Waals surface area (Å²) in [6.45, 7) is 6.61. The quantitative estimate of drug-likeness (QED) is 0.892. The number of anilines is 2. The molecule has 0 unspecified atom stereocenters. The topological polar surface area (TPSA) is 86.2 Å². The Hall–Kier alpha value is -2.24. The summed E-state index contributed by atoms with van der Waals surface area (Å²) in [5.41, 5.74) is 6.21. The van der Waals surface area contributed by atoms with Gasteiger partial charge in [-0.15, -0.1) is 0 Å². The molecule has 0 aliphatic heterocycles. The molecule has 0 aliphatic rings. The number of nitrogens with zero attached hydrogens (tertiary/aromatic N) is 2. The van der Waals surface area contributed by atoms with Gasteiger partial charge in [0.2, 0.25) is 5.88 Å². The average molecular weight is 276 g/mol. The van der Waals surface area contributed by atoms with Crippen LogP contribution in [0, 0.1) is 0 Å². The molecule has 0 spiro atoms. The van der Waals surface area contributed by atoms with E-state index in [1.54, 1.807) is 13.4 Å². The van der Waals surface area contributed by atoms with Gasteiger partial charge in [-0.1, -0.05) is 20.8 Å². The normalized spacial score (nSPS) is 11.4. The van der Waals surface area contributed by atoms with Gasteiger partial charge in [-0.05, 0) is 12.1 Å². The molecule has 6 heteroatoms. The second-order valence-corrected chi connectivity index (χ2v) is 5.50. The molecule has 0 bridgehead atoms. The number of furan rings is 1. The van der Waals surface area contributed by atoms with Crippen molar-refractivity contribution in [3.63, 3.8) is 0 Å². The summed E-state index contributed by atoms with van der Waals surface area (Å²) in [7, 11) is 1.54. The Kier molecular flexibility index (Phi) is 3.83. The van der Waals surface area contributed by atoms with Crippen molar-refractivity contribution in [1.82, 2.24) is 9.97 Å². The molecule has 3 N–H and O–H groups in total. The third-order valence-corrected chi connectivity index (χ3v) is 2.79. The van der Waals surface area contributed by atoms with Gasteiger partial charge in [-0.2, -0.15) is 4.98 Å². The molecule has 108 valence electrons. The van der Waals surface area contributed by atoms with Gasteiger partial charge in [0.05, 0.1) is 19.9 Å². The SMILES string of the molecule is COc1nc(C(C)(C)C)nc(NCc2ccco2)c1N. The van der Waals surface area contributed by atoms with Crippen LogP contribution in [0.2, 0.25) is 0 Å². The monoisotopic (exact) mass is 276 g/mol. The van der Waals surface area contributed by atoms with Crippen LogP contribution in [0.4, 0.5) is 11.5 Å². The van der Waals surface area contributed by atoms with Gasteiger partial charge >= 0.3 is 0 Å². The van der Waals surface area contributed by atoms with Crippen LogP contribution >= 0.6 is 0 Å². The van der Waals surface area contributed by atoms with Crippen molar-refractivity contribution < 1.29 is 9.15 Å². The van der Waals surface area contributed by atoms with Crippen molar-refractivity contribution in [3.8, 4) is 5.88 Å². The Morgan fingerprint density at radius 2 is 2.10 bits per heavy atom. The van der Waals surface area contributed by atoms with E-state index in [1.807, 2.05) is 32.9 Å². The van der Waals surface area contributed by atoms with Gasteiger partial charge in [0.15, 0.2) is 5.82 Å². The maximum atomic E-state index is 6.00. The van der Waals surface area contributed by atoms with Crippen molar-refractivity contribution in [2.24, 2.45) is 0 Å². The van der Waals surface area contributed by atoms with Crippen LogP contribution in [-0.4, -0.2) is 17.1 Å². The maximum absolute atomic E-state index is 6.00. The highest BCUT2D eigenvalue weighted by molar-refractivity contribution is 5.67. The Morgan fingerprint density at radius 3 is 2.65 bits per heavy atom. The Morgan fingerprint density at radius 1 is 1.35 bits per heavy atom. The van der Waals surface area contributed by atoms with Crippen molar-refractivity contribution in [1.29, 1.82) is 0 Å². The molecule has 2 heterocycles. The van der Waals surface area contributed by atoms with Gasteiger partial charge in [-0.25, -0.2) is 4.98 Å². The second kappa shape index (κ2) is 5.40. The standard InChI is InChI=1S/C14H20N4O2/c1-14(2,3)13-17-11(10(15)12(18-13)19-4)16-8-9-6-5-7-20-9/h5-7H,8,15H2,1-4H3,(H,16,17,18). The van der Waals surface area contributed by atoms with Crippen molar-refractivity contribution in [2.45, 2.75) is 32.7 Å². The van der Waals surface area contributed by atoms with E-state index in [0.29, 0.717) is 29.8 Å². The molecule has 0 aromatic carbocycles. The Balaban J connectivity index is 2.30. The number of nitrogens with two attached hydrogens (primary N) is 1. The smallest absolute Gasteiger partial charge is 0.242 e. The number of aromatic nitrogens is 2. The third-order valence-electron chi connectivity index (χ3n) is 2.79. The largest absolute Gasteiger partial charge is 0.479 e. The van der Waals surface area contributed by atoms with Crippen LogP contribution in [0.15, 0.2) is 22.8 Å². The van der Waals surface area contributed by atoms with Gasteiger partial charge < -0.3 is 20.2 Å². The number of hydrogen-bond donors (Lipinski definition) is 2. The van der Waals surface area contributed by atoms with E-state index in [2.05, 4.69) is 15.3 Å². The van der Waals surface area contributed by atoms with E-state index >= 15 is 0 Å². The van der Waals surface area contributed by atoms with E-state index in [1.165, 1.54) is 0 Å². The van der Waals surface area contributed by atoms with Crippen LogP contribution in [0.1, 0.15) is 32.4 Å². The minimum absolute atomic E-state index is 0.192. The molecule has 0 atom stereocenters. The minimum atomic E-state index is -0.192. The van der Waals surface area contributed by atoms with Gasteiger partial charge in [0, 0.05) is 5.41 Å². The molecule has 0 fully saturated rings. The molecular weight excluding hydrogens is 256 g/mol. The average Bonchev–Trinajstić information content (AvgIpc) is 2.89. The van der Waals surface area contributed by atoms with E-state index in [-0.39, 0.29) is 5.41 Å². The number of ether oxygens (including phenoxy) is 1. The van der Waals surface area contributed by atoms with Gasteiger partial charge in [0.25, 0.3) is 0 Å². The Labute approximate surface area is 118 Å². The first kappa shape index (κ1) is 14.2. The van der Waals surface area contributed by atoms with E-state index in [0.717, 1.165) is 5.76 Å². The third kappa shape index (κ3) is 3.01. The molecule has 20 heavy (non-hydrogen) atoms. The zero-order valence-electron chi connectivity index (χ0n) is 12.2. The summed E-state index contributed by atoms with van der Waals surface area (Å²) in [6, 6.07) is 3.72. The molecule has 2 aromatic rings.